The van der Waals surface area contributed by atoms with Gasteiger partial charge in [-0.2, -0.15) is 0 Å². The van der Waals surface area contributed by atoms with Crippen molar-refractivity contribution in [1.29, 1.82) is 0 Å². The number of likely N-dealkylation sites (N-methyl/N-ethyl adjacent to an activating group) is 1. The normalized spacial score (nSPS) is 12.3. The topological polar surface area (TPSA) is 72.3 Å². The summed E-state index contributed by atoms with van der Waals surface area (Å²) in [5, 5.41) is 11.6. The molecule has 1 N–H and O–H groups in total. The average molecular weight is 325 g/mol. The highest BCUT2D eigenvalue weighted by Gasteiger charge is 2.20. The molecule has 0 bridgehead atoms. The fourth-order valence-corrected chi connectivity index (χ4v) is 1.84. The monoisotopic (exact) mass is 325 g/mol. The molecule has 1 rings (SSSR count). The van der Waals surface area contributed by atoms with Gasteiger partial charge < -0.3 is 15.0 Å². The molecule has 1 heterocycles. The number of carbonyl (C=O) groups is 1. The molecule has 23 heavy (non-hydrogen) atoms. The maximum atomic E-state index is 12.0. The van der Waals surface area contributed by atoms with E-state index in [1.807, 2.05) is 38.6 Å². The Bertz CT molecular complexity index is 499. The van der Waals surface area contributed by atoms with Gasteiger partial charge in [0.2, 0.25) is 0 Å². The number of nitrogens with zero attached hydrogens (tertiary/aromatic N) is 4. The summed E-state index contributed by atoms with van der Waals surface area (Å²) < 4.78 is 7.23. The number of hydrogen-bond acceptors (Lipinski definition) is 5. The molecule has 0 atom stereocenters. The van der Waals surface area contributed by atoms with Crippen LogP contribution in [-0.4, -0.2) is 51.2 Å². The number of hydrogen-bond donors (Lipinski definition) is 1. The summed E-state index contributed by atoms with van der Waals surface area (Å²) in [4.78, 5) is 13.7. The van der Waals surface area contributed by atoms with Crippen LogP contribution in [0.25, 0.3) is 0 Å². The molecular weight excluding hydrogens is 294 g/mol. The van der Waals surface area contributed by atoms with Crippen molar-refractivity contribution in [1.82, 2.24) is 25.2 Å². The molecule has 1 aromatic rings. The second kappa shape index (κ2) is 7.77. The highest BCUT2D eigenvalue weighted by atomic mass is 16.6. The molecule has 0 fully saturated rings. The van der Waals surface area contributed by atoms with Gasteiger partial charge in [-0.1, -0.05) is 5.21 Å². The molecule has 1 amide bonds. The van der Waals surface area contributed by atoms with E-state index in [2.05, 4.69) is 36.4 Å². The average Bonchev–Trinajstić information content (AvgIpc) is 2.85. The highest BCUT2D eigenvalue weighted by Crippen LogP contribution is 2.11. The first-order valence-electron chi connectivity index (χ1n) is 8.13. The predicted octanol–water partition coefficient (Wildman–Crippen LogP) is 2.38. The summed E-state index contributed by atoms with van der Waals surface area (Å²) in [6, 6.07) is 0. The highest BCUT2D eigenvalue weighted by molar-refractivity contribution is 5.68. The fraction of sp³-hybridized carbons (Fsp3) is 0.812. The standard InChI is InChI=1S/C16H31N5O2/c1-8-20(14(22)23-16(5,6)7)10-9-17-11-13-12-21(19-18-13)15(2,3)4/h12,17H,8-11H2,1-7H3. The van der Waals surface area contributed by atoms with Crippen molar-refractivity contribution in [2.75, 3.05) is 19.6 Å². The van der Waals surface area contributed by atoms with Gasteiger partial charge in [0.25, 0.3) is 0 Å². The van der Waals surface area contributed by atoms with Gasteiger partial charge in [-0.05, 0) is 48.5 Å². The summed E-state index contributed by atoms with van der Waals surface area (Å²) in [6.07, 6.45) is 1.67. The molecular formula is C16H31N5O2. The lowest BCUT2D eigenvalue weighted by atomic mass is 10.1. The first-order chi connectivity index (χ1) is 10.5. The van der Waals surface area contributed by atoms with E-state index in [0.29, 0.717) is 26.2 Å². The lowest BCUT2D eigenvalue weighted by Gasteiger charge is -2.26. The Morgan fingerprint density at radius 3 is 2.43 bits per heavy atom. The minimum Gasteiger partial charge on any atom is -0.444 e. The van der Waals surface area contributed by atoms with Gasteiger partial charge >= 0.3 is 6.09 Å². The van der Waals surface area contributed by atoms with Crippen LogP contribution in [0.4, 0.5) is 4.79 Å². The van der Waals surface area contributed by atoms with Gasteiger partial charge in [0, 0.05) is 26.2 Å². The SMILES string of the molecule is CCN(CCNCc1cn(C(C)(C)C)nn1)C(=O)OC(C)(C)C. The molecule has 0 saturated heterocycles. The van der Waals surface area contributed by atoms with E-state index in [-0.39, 0.29) is 11.6 Å². The lowest BCUT2D eigenvalue weighted by Crippen LogP contribution is -2.40. The largest absolute Gasteiger partial charge is 0.444 e. The van der Waals surface area contributed by atoms with Gasteiger partial charge in [0.05, 0.1) is 17.4 Å². The van der Waals surface area contributed by atoms with Crippen LogP contribution >= 0.6 is 0 Å². The van der Waals surface area contributed by atoms with E-state index in [9.17, 15) is 4.79 Å². The van der Waals surface area contributed by atoms with E-state index < -0.39 is 5.60 Å². The molecule has 132 valence electrons. The smallest absolute Gasteiger partial charge is 0.410 e. The minimum absolute atomic E-state index is 0.0685. The first kappa shape index (κ1) is 19.4. The van der Waals surface area contributed by atoms with E-state index in [1.54, 1.807) is 4.90 Å². The number of nitrogens with one attached hydrogen (secondary N) is 1. The van der Waals surface area contributed by atoms with Crippen LogP contribution in [0.3, 0.4) is 0 Å². The van der Waals surface area contributed by atoms with Gasteiger partial charge in [0.1, 0.15) is 5.60 Å². The van der Waals surface area contributed by atoms with Crippen LogP contribution in [-0.2, 0) is 16.8 Å². The number of ether oxygens (including phenoxy) is 1. The molecule has 0 aliphatic heterocycles. The first-order valence-corrected chi connectivity index (χ1v) is 8.13. The number of amides is 1. The Morgan fingerprint density at radius 1 is 1.30 bits per heavy atom. The van der Waals surface area contributed by atoms with Gasteiger partial charge in [-0.25, -0.2) is 9.48 Å². The van der Waals surface area contributed by atoms with Gasteiger partial charge in [-0.3, -0.25) is 0 Å². The summed E-state index contributed by atoms with van der Waals surface area (Å²) in [5.41, 5.74) is 0.352. The van der Waals surface area contributed by atoms with Crippen molar-refractivity contribution in [3.63, 3.8) is 0 Å². The number of rotatable bonds is 6. The zero-order valence-electron chi connectivity index (χ0n) is 15.5. The molecule has 0 unspecified atom stereocenters. The minimum atomic E-state index is -0.469. The van der Waals surface area contributed by atoms with E-state index in [1.165, 1.54) is 0 Å². The third-order valence-corrected chi connectivity index (χ3v) is 3.13. The van der Waals surface area contributed by atoms with Gasteiger partial charge in [-0.15, -0.1) is 5.10 Å². The van der Waals surface area contributed by atoms with Crippen molar-refractivity contribution in [3.8, 4) is 0 Å². The zero-order chi connectivity index (χ0) is 17.7. The summed E-state index contributed by atoms with van der Waals surface area (Å²) in [5.74, 6) is 0. The van der Waals surface area contributed by atoms with Crippen molar-refractivity contribution in [2.45, 2.75) is 66.2 Å². The maximum absolute atomic E-state index is 12.0. The molecule has 0 radical (unpaired) electrons. The lowest BCUT2D eigenvalue weighted by molar-refractivity contribution is 0.0262. The summed E-state index contributed by atoms with van der Waals surface area (Å²) >= 11 is 0. The maximum Gasteiger partial charge on any atom is 0.410 e. The second-order valence-electron chi connectivity index (χ2n) is 7.56. The van der Waals surface area contributed by atoms with Crippen LogP contribution < -0.4 is 5.32 Å². The quantitative estimate of drug-likeness (QED) is 0.813. The fourth-order valence-electron chi connectivity index (χ4n) is 1.84. The van der Waals surface area contributed by atoms with Crippen LogP contribution in [0.5, 0.6) is 0 Å². The zero-order valence-corrected chi connectivity index (χ0v) is 15.5. The third-order valence-electron chi connectivity index (χ3n) is 3.13. The molecule has 0 saturated carbocycles. The Labute approximate surface area is 139 Å². The van der Waals surface area contributed by atoms with Gasteiger partial charge in [0.15, 0.2) is 0 Å². The number of aromatic nitrogens is 3. The van der Waals surface area contributed by atoms with Crippen LogP contribution in [0.15, 0.2) is 6.20 Å². The second-order valence-corrected chi connectivity index (χ2v) is 7.56. The third kappa shape index (κ3) is 6.99. The molecule has 0 aliphatic carbocycles. The molecule has 7 nitrogen and oxygen atoms in total. The Balaban J connectivity index is 2.38. The van der Waals surface area contributed by atoms with E-state index >= 15 is 0 Å². The summed E-state index contributed by atoms with van der Waals surface area (Å²) in [7, 11) is 0. The van der Waals surface area contributed by atoms with E-state index in [4.69, 9.17) is 4.74 Å². The van der Waals surface area contributed by atoms with Crippen molar-refractivity contribution in [2.24, 2.45) is 0 Å². The van der Waals surface area contributed by atoms with E-state index in [0.717, 1.165) is 5.69 Å². The molecule has 0 aromatic carbocycles. The van der Waals surface area contributed by atoms with Crippen LogP contribution in [0.1, 0.15) is 54.2 Å². The molecule has 0 spiro atoms. The Kier molecular flexibility index (Phi) is 6.56. The van der Waals surface area contributed by atoms with Crippen molar-refractivity contribution < 1.29 is 9.53 Å². The molecule has 0 aliphatic rings. The molecule has 1 aromatic heterocycles. The number of carbonyl (C=O) groups excluding carboxylic acids is 1. The molecule has 7 heteroatoms. The van der Waals surface area contributed by atoms with Crippen molar-refractivity contribution in [3.05, 3.63) is 11.9 Å². The van der Waals surface area contributed by atoms with Crippen molar-refractivity contribution >= 4 is 6.09 Å². The predicted molar refractivity (Wildman–Crippen MR) is 90.2 cm³/mol. The van der Waals surface area contributed by atoms with Crippen LogP contribution in [0, 0.1) is 0 Å². The Morgan fingerprint density at radius 2 is 1.96 bits per heavy atom. The van der Waals surface area contributed by atoms with Crippen LogP contribution in [0.2, 0.25) is 0 Å². The Hall–Kier alpha value is -1.63. The summed E-state index contributed by atoms with van der Waals surface area (Å²) in [6.45, 7) is 16.3.